The normalized spacial score (nSPS) is 12.9. The predicted molar refractivity (Wildman–Crippen MR) is 58.6 cm³/mol. The number of pyridine rings is 1. The lowest BCUT2D eigenvalue weighted by Crippen LogP contribution is -2.14. The lowest BCUT2D eigenvalue weighted by molar-refractivity contribution is 0.176. The first-order chi connectivity index (χ1) is 7.15. The van der Waals surface area contributed by atoms with Crippen LogP contribution in [0, 0.1) is 5.92 Å². The Morgan fingerprint density at radius 3 is 2.87 bits per heavy atom. The van der Waals surface area contributed by atoms with Crippen LogP contribution in [-0.2, 0) is 0 Å². The zero-order valence-corrected chi connectivity index (χ0v) is 9.18. The molecule has 0 saturated heterocycles. The second kappa shape index (κ2) is 5.68. The molecule has 0 fully saturated rings. The van der Waals surface area contributed by atoms with Gasteiger partial charge in [0.2, 0.25) is 0 Å². The van der Waals surface area contributed by atoms with Crippen molar-refractivity contribution in [2.24, 2.45) is 11.7 Å². The first kappa shape index (κ1) is 11.9. The summed E-state index contributed by atoms with van der Waals surface area (Å²) in [6, 6.07) is 1.73. The van der Waals surface area contributed by atoms with E-state index >= 15 is 0 Å². The largest absolute Gasteiger partial charge is 0.491 e. The van der Waals surface area contributed by atoms with Crippen LogP contribution in [0.15, 0.2) is 18.5 Å². The smallest absolute Gasteiger partial charge is 0.143 e. The van der Waals surface area contributed by atoms with E-state index in [2.05, 4.69) is 18.8 Å². The Hall–Kier alpha value is -1.13. The van der Waals surface area contributed by atoms with Gasteiger partial charge in [0.1, 0.15) is 5.75 Å². The predicted octanol–water partition coefficient (Wildman–Crippen LogP) is 1.11. The van der Waals surface area contributed by atoms with Gasteiger partial charge in [0.05, 0.1) is 18.9 Å². The van der Waals surface area contributed by atoms with Gasteiger partial charge in [0.25, 0.3) is 0 Å². The summed E-state index contributed by atoms with van der Waals surface area (Å²) in [7, 11) is 0. The second-order valence-electron chi connectivity index (χ2n) is 3.87. The van der Waals surface area contributed by atoms with E-state index < -0.39 is 6.10 Å². The van der Waals surface area contributed by atoms with Crippen LogP contribution < -0.4 is 10.5 Å². The van der Waals surface area contributed by atoms with Gasteiger partial charge in [-0.25, -0.2) is 0 Å². The van der Waals surface area contributed by atoms with Crippen molar-refractivity contribution in [3.05, 3.63) is 24.0 Å². The van der Waals surface area contributed by atoms with E-state index in [1.165, 1.54) is 0 Å². The van der Waals surface area contributed by atoms with Crippen molar-refractivity contribution in [1.29, 1.82) is 0 Å². The molecule has 15 heavy (non-hydrogen) atoms. The van der Waals surface area contributed by atoms with Gasteiger partial charge in [-0.15, -0.1) is 0 Å². The van der Waals surface area contributed by atoms with Crippen molar-refractivity contribution in [3.8, 4) is 5.75 Å². The van der Waals surface area contributed by atoms with Crippen LogP contribution in [0.2, 0.25) is 0 Å². The maximum atomic E-state index is 9.64. The van der Waals surface area contributed by atoms with Crippen LogP contribution in [0.4, 0.5) is 0 Å². The van der Waals surface area contributed by atoms with Gasteiger partial charge in [-0.05, 0) is 12.0 Å². The molecule has 0 amide bonds. The number of rotatable bonds is 5. The third-order valence-corrected chi connectivity index (χ3v) is 1.97. The van der Waals surface area contributed by atoms with Gasteiger partial charge in [0.15, 0.2) is 0 Å². The number of aliphatic hydroxyl groups excluding tert-OH is 1. The maximum Gasteiger partial charge on any atom is 0.143 e. The van der Waals surface area contributed by atoms with Crippen LogP contribution in [0.5, 0.6) is 5.75 Å². The maximum absolute atomic E-state index is 9.64. The summed E-state index contributed by atoms with van der Waals surface area (Å²) in [5.74, 6) is 1.05. The Bertz CT molecular complexity index is 302. The summed E-state index contributed by atoms with van der Waals surface area (Å²) < 4.78 is 5.54. The third-order valence-electron chi connectivity index (χ3n) is 1.97. The number of aromatic nitrogens is 1. The summed E-state index contributed by atoms with van der Waals surface area (Å²) in [6.45, 7) is 4.92. The first-order valence-electron chi connectivity index (χ1n) is 5.10. The molecule has 0 radical (unpaired) electrons. The fourth-order valence-corrected chi connectivity index (χ4v) is 1.17. The Balaban J connectivity index is 2.77. The highest BCUT2D eigenvalue weighted by atomic mass is 16.5. The van der Waals surface area contributed by atoms with Crippen molar-refractivity contribution in [2.45, 2.75) is 20.0 Å². The average molecular weight is 210 g/mol. The molecule has 0 aliphatic rings. The molecule has 0 aliphatic heterocycles. The second-order valence-corrected chi connectivity index (χ2v) is 3.87. The van der Waals surface area contributed by atoms with Gasteiger partial charge in [-0.1, -0.05) is 13.8 Å². The fraction of sp³-hybridized carbons (Fsp3) is 0.545. The number of hydrogen-bond donors (Lipinski definition) is 2. The van der Waals surface area contributed by atoms with E-state index in [1.54, 1.807) is 18.5 Å². The monoisotopic (exact) mass is 210 g/mol. The minimum Gasteiger partial charge on any atom is -0.491 e. The van der Waals surface area contributed by atoms with Gasteiger partial charge in [-0.3, -0.25) is 4.98 Å². The lowest BCUT2D eigenvalue weighted by Gasteiger charge is -2.15. The zero-order valence-electron chi connectivity index (χ0n) is 9.18. The molecule has 1 unspecified atom stereocenters. The van der Waals surface area contributed by atoms with Crippen molar-refractivity contribution >= 4 is 0 Å². The van der Waals surface area contributed by atoms with Gasteiger partial charge < -0.3 is 15.6 Å². The minimum absolute atomic E-state index is 0.183. The summed E-state index contributed by atoms with van der Waals surface area (Å²) in [5, 5.41) is 9.64. The molecular formula is C11H18N2O2. The average Bonchev–Trinajstić information content (AvgIpc) is 2.25. The zero-order chi connectivity index (χ0) is 11.3. The molecular weight excluding hydrogens is 192 g/mol. The summed E-state index contributed by atoms with van der Waals surface area (Å²) in [5.41, 5.74) is 6.10. The number of hydrogen-bond acceptors (Lipinski definition) is 4. The van der Waals surface area contributed by atoms with E-state index in [4.69, 9.17) is 10.5 Å². The van der Waals surface area contributed by atoms with Crippen molar-refractivity contribution in [1.82, 2.24) is 4.98 Å². The van der Waals surface area contributed by atoms with Crippen molar-refractivity contribution in [3.63, 3.8) is 0 Å². The molecule has 0 aliphatic carbocycles. The molecule has 84 valence electrons. The van der Waals surface area contributed by atoms with Crippen LogP contribution in [0.3, 0.4) is 0 Å². The van der Waals surface area contributed by atoms with E-state index in [0.29, 0.717) is 23.8 Å². The van der Waals surface area contributed by atoms with Crippen LogP contribution >= 0.6 is 0 Å². The Morgan fingerprint density at radius 1 is 1.53 bits per heavy atom. The molecule has 1 rings (SSSR count). The van der Waals surface area contributed by atoms with Crippen molar-refractivity contribution in [2.75, 3.05) is 13.2 Å². The molecule has 3 N–H and O–H groups in total. The number of aliphatic hydroxyl groups is 1. The van der Waals surface area contributed by atoms with E-state index in [9.17, 15) is 5.11 Å². The standard InChI is InChI=1S/C11H18N2O2/c1-8(2)7-15-11-6-13-4-3-9(11)10(14)5-12/h3-4,6,8,10,14H,5,7,12H2,1-2H3. The highest BCUT2D eigenvalue weighted by Gasteiger charge is 2.11. The highest BCUT2D eigenvalue weighted by molar-refractivity contribution is 5.32. The molecule has 1 heterocycles. The van der Waals surface area contributed by atoms with Crippen LogP contribution in [0.1, 0.15) is 25.5 Å². The SMILES string of the molecule is CC(C)COc1cnccc1C(O)CN. The summed E-state index contributed by atoms with van der Waals surface area (Å²) >= 11 is 0. The van der Waals surface area contributed by atoms with E-state index in [0.717, 1.165) is 0 Å². The van der Waals surface area contributed by atoms with E-state index in [1.807, 2.05) is 0 Å². The molecule has 4 heteroatoms. The molecule has 4 nitrogen and oxygen atoms in total. The molecule has 1 atom stereocenters. The van der Waals surface area contributed by atoms with E-state index in [-0.39, 0.29) is 6.54 Å². The Labute approximate surface area is 90.1 Å². The molecule has 0 spiro atoms. The number of nitrogens with zero attached hydrogens (tertiary/aromatic N) is 1. The van der Waals surface area contributed by atoms with Gasteiger partial charge in [0, 0.05) is 18.3 Å². The number of ether oxygens (including phenoxy) is 1. The lowest BCUT2D eigenvalue weighted by atomic mass is 10.1. The first-order valence-corrected chi connectivity index (χ1v) is 5.10. The quantitative estimate of drug-likeness (QED) is 0.764. The minimum atomic E-state index is -0.685. The topological polar surface area (TPSA) is 68.4 Å². The molecule has 0 aromatic carbocycles. The van der Waals surface area contributed by atoms with Gasteiger partial charge >= 0.3 is 0 Å². The fourth-order valence-electron chi connectivity index (χ4n) is 1.17. The van der Waals surface area contributed by atoms with Gasteiger partial charge in [-0.2, -0.15) is 0 Å². The molecule has 0 bridgehead atoms. The molecule has 0 saturated carbocycles. The summed E-state index contributed by atoms with van der Waals surface area (Å²) in [4.78, 5) is 3.96. The third kappa shape index (κ3) is 3.49. The Morgan fingerprint density at radius 2 is 2.27 bits per heavy atom. The van der Waals surface area contributed by atoms with Crippen LogP contribution in [-0.4, -0.2) is 23.2 Å². The molecule has 1 aromatic rings. The van der Waals surface area contributed by atoms with Crippen LogP contribution in [0.25, 0.3) is 0 Å². The molecule has 1 aromatic heterocycles. The highest BCUT2D eigenvalue weighted by Crippen LogP contribution is 2.23. The Kier molecular flexibility index (Phi) is 4.52. The summed E-state index contributed by atoms with van der Waals surface area (Å²) in [6.07, 6.45) is 2.54. The van der Waals surface area contributed by atoms with Crippen molar-refractivity contribution < 1.29 is 9.84 Å². The number of nitrogens with two attached hydrogens (primary N) is 1.